The zero-order valence-electron chi connectivity index (χ0n) is 8.26. The molecule has 0 aromatic heterocycles. The van der Waals surface area contributed by atoms with Crippen molar-refractivity contribution in [3.8, 4) is 0 Å². The molecule has 13 heavy (non-hydrogen) atoms. The molecule has 0 spiro atoms. The van der Waals surface area contributed by atoms with E-state index in [0.29, 0.717) is 6.42 Å². The molecule has 1 rings (SSSR count). The van der Waals surface area contributed by atoms with Gasteiger partial charge in [0.05, 0.1) is 5.60 Å². The lowest BCUT2D eigenvalue weighted by molar-refractivity contribution is 0.0530. The van der Waals surface area contributed by atoms with Crippen molar-refractivity contribution in [1.29, 1.82) is 0 Å². The number of rotatable bonds is 2. The second kappa shape index (κ2) is 3.69. The third-order valence-electron chi connectivity index (χ3n) is 2.47. The molecule has 0 saturated carbocycles. The predicted octanol–water partition coefficient (Wildman–Crippen LogP) is 3.27. The Morgan fingerprint density at radius 1 is 1.46 bits per heavy atom. The van der Waals surface area contributed by atoms with Gasteiger partial charge in [-0.15, -0.1) is 0 Å². The summed E-state index contributed by atoms with van der Waals surface area (Å²) in [6.45, 7) is 5.72. The summed E-state index contributed by atoms with van der Waals surface area (Å²) in [5, 5.41) is 10.7. The molecule has 0 amide bonds. The highest BCUT2D eigenvalue weighted by Gasteiger charge is 2.20. The quantitative estimate of drug-likeness (QED) is 0.774. The minimum atomic E-state index is -0.741. The van der Waals surface area contributed by atoms with E-state index in [1.54, 1.807) is 0 Å². The zero-order valence-corrected chi connectivity index (χ0v) is 9.02. The summed E-state index contributed by atoms with van der Waals surface area (Å²) in [6, 6.07) is 5.64. The van der Waals surface area contributed by atoms with Crippen LogP contribution in [0.1, 0.15) is 31.4 Å². The Labute approximate surface area is 84.4 Å². The Bertz CT molecular complexity index is 305. The Balaban J connectivity index is 3.10. The molecule has 1 aromatic carbocycles. The fourth-order valence-electron chi connectivity index (χ4n) is 1.18. The first-order valence-electron chi connectivity index (χ1n) is 4.46. The number of benzene rings is 1. The van der Waals surface area contributed by atoms with Gasteiger partial charge in [-0.05, 0) is 37.5 Å². The Morgan fingerprint density at radius 2 is 2.08 bits per heavy atom. The topological polar surface area (TPSA) is 20.2 Å². The summed E-state index contributed by atoms with van der Waals surface area (Å²) in [5.41, 5.74) is 1.19. The molecule has 0 aliphatic heterocycles. The normalized spacial score (nSPS) is 15.5. The Hall–Kier alpha value is -0.530. The summed E-state index contributed by atoms with van der Waals surface area (Å²) in [4.78, 5) is 0. The Kier molecular flexibility index (Phi) is 2.99. The van der Waals surface area contributed by atoms with E-state index in [1.165, 1.54) is 0 Å². The van der Waals surface area contributed by atoms with Crippen LogP contribution < -0.4 is 0 Å². The molecule has 2 heteroatoms. The highest BCUT2D eigenvalue weighted by Crippen LogP contribution is 2.27. The smallest absolute Gasteiger partial charge is 0.0866 e. The van der Waals surface area contributed by atoms with Gasteiger partial charge in [0.25, 0.3) is 0 Å². The van der Waals surface area contributed by atoms with E-state index in [4.69, 9.17) is 11.6 Å². The number of hydrogen-bond acceptors (Lipinski definition) is 1. The molecule has 72 valence electrons. The molecule has 1 N–H and O–H groups in total. The highest BCUT2D eigenvalue weighted by molar-refractivity contribution is 6.31. The van der Waals surface area contributed by atoms with E-state index in [9.17, 15) is 5.11 Å². The number of halogens is 1. The largest absolute Gasteiger partial charge is 0.385 e. The van der Waals surface area contributed by atoms with Crippen LogP contribution in [-0.4, -0.2) is 5.11 Å². The van der Waals surface area contributed by atoms with Crippen LogP contribution >= 0.6 is 11.6 Å². The SMILES string of the molecule is CC[C@](C)(O)c1ccc(Cl)c(C)c1. The lowest BCUT2D eigenvalue weighted by atomic mass is 9.92. The second-order valence-corrected chi connectivity index (χ2v) is 4.00. The summed E-state index contributed by atoms with van der Waals surface area (Å²) >= 11 is 5.89. The lowest BCUT2D eigenvalue weighted by Crippen LogP contribution is -2.19. The molecule has 0 saturated heterocycles. The van der Waals surface area contributed by atoms with E-state index in [2.05, 4.69) is 0 Å². The molecule has 0 unspecified atom stereocenters. The van der Waals surface area contributed by atoms with Gasteiger partial charge in [-0.2, -0.15) is 0 Å². The summed E-state index contributed by atoms with van der Waals surface area (Å²) in [7, 11) is 0. The first-order chi connectivity index (χ1) is 5.97. The van der Waals surface area contributed by atoms with Gasteiger partial charge < -0.3 is 5.11 Å². The van der Waals surface area contributed by atoms with Crippen molar-refractivity contribution in [3.63, 3.8) is 0 Å². The molecule has 0 aliphatic rings. The molecule has 0 radical (unpaired) electrons. The van der Waals surface area contributed by atoms with Gasteiger partial charge in [0.2, 0.25) is 0 Å². The van der Waals surface area contributed by atoms with Crippen LogP contribution in [-0.2, 0) is 5.60 Å². The van der Waals surface area contributed by atoms with E-state index in [0.717, 1.165) is 16.1 Å². The minimum Gasteiger partial charge on any atom is -0.385 e. The zero-order chi connectivity index (χ0) is 10.1. The summed E-state index contributed by atoms with van der Waals surface area (Å²) in [5.74, 6) is 0. The molecular formula is C11H15ClO. The van der Waals surface area contributed by atoms with Gasteiger partial charge in [0.15, 0.2) is 0 Å². The van der Waals surface area contributed by atoms with E-state index in [1.807, 2.05) is 39.0 Å². The van der Waals surface area contributed by atoms with Crippen LogP contribution in [0.25, 0.3) is 0 Å². The minimum absolute atomic E-state index is 0.702. The fraction of sp³-hybridized carbons (Fsp3) is 0.455. The van der Waals surface area contributed by atoms with Crippen molar-refractivity contribution in [2.24, 2.45) is 0 Å². The molecule has 1 nitrogen and oxygen atoms in total. The van der Waals surface area contributed by atoms with Gasteiger partial charge in [0.1, 0.15) is 0 Å². The van der Waals surface area contributed by atoms with Crippen molar-refractivity contribution in [2.75, 3.05) is 0 Å². The van der Waals surface area contributed by atoms with Gasteiger partial charge in [-0.1, -0.05) is 30.7 Å². The molecule has 1 atom stereocenters. The van der Waals surface area contributed by atoms with Gasteiger partial charge in [-0.25, -0.2) is 0 Å². The maximum atomic E-state index is 9.97. The van der Waals surface area contributed by atoms with Crippen LogP contribution in [0.5, 0.6) is 0 Å². The molecule has 0 fully saturated rings. The van der Waals surface area contributed by atoms with E-state index < -0.39 is 5.60 Å². The van der Waals surface area contributed by atoms with Gasteiger partial charge in [0, 0.05) is 5.02 Å². The van der Waals surface area contributed by atoms with Crippen LogP contribution in [0.4, 0.5) is 0 Å². The average Bonchev–Trinajstić information content (AvgIpc) is 2.09. The third-order valence-corrected chi connectivity index (χ3v) is 2.89. The van der Waals surface area contributed by atoms with Crippen molar-refractivity contribution in [2.45, 2.75) is 32.8 Å². The van der Waals surface area contributed by atoms with Crippen molar-refractivity contribution >= 4 is 11.6 Å². The first kappa shape index (κ1) is 10.6. The maximum Gasteiger partial charge on any atom is 0.0866 e. The van der Waals surface area contributed by atoms with Crippen LogP contribution in [0.3, 0.4) is 0 Å². The van der Waals surface area contributed by atoms with Crippen LogP contribution in [0.15, 0.2) is 18.2 Å². The third kappa shape index (κ3) is 2.23. The highest BCUT2D eigenvalue weighted by atomic mass is 35.5. The van der Waals surface area contributed by atoms with Gasteiger partial charge >= 0.3 is 0 Å². The predicted molar refractivity (Wildman–Crippen MR) is 56.1 cm³/mol. The fourth-order valence-corrected chi connectivity index (χ4v) is 1.30. The maximum absolute atomic E-state index is 9.97. The number of aliphatic hydroxyl groups is 1. The molecule has 0 heterocycles. The average molecular weight is 199 g/mol. The van der Waals surface area contributed by atoms with Gasteiger partial charge in [-0.3, -0.25) is 0 Å². The molecule has 1 aromatic rings. The van der Waals surface area contributed by atoms with Crippen molar-refractivity contribution in [3.05, 3.63) is 34.3 Å². The van der Waals surface area contributed by atoms with Crippen molar-refractivity contribution in [1.82, 2.24) is 0 Å². The number of aryl methyl sites for hydroxylation is 1. The second-order valence-electron chi connectivity index (χ2n) is 3.59. The molecule has 0 aliphatic carbocycles. The summed E-state index contributed by atoms with van der Waals surface area (Å²) < 4.78 is 0. The van der Waals surface area contributed by atoms with E-state index >= 15 is 0 Å². The summed E-state index contributed by atoms with van der Waals surface area (Å²) in [6.07, 6.45) is 0.702. The van der Waals surface area contributed by atoms with E-state index in [-0.39, 0.29) is 0 Å². The monoisotopic (exact) mass is 198 g/mol. The standard InChI is InChI=1S/C11H15ClO/c1-4-11(3,13)9-5-6-10(12)8(2)7-9/h5-7,13H,4H2,1-3H3/t11-/m0/s1. The lowest BCUT2D eigenvalue weighted by Gasteiger charge is -2.22. The van der Waals surface area contributed by atoms with Crippen LogP contribution in [0, 0.1) is 6.92 Å². The van der Waals surface area contributed by atoms with Crippen molar-refractivity contribution < 1.29 is 5.11 Å². The number of hydrogen-bond donors (Lipinski definition) is 1. The van der Waals surface area contributed by atoms with Crippen LogP contribution in [0.2, 0.25) is 5.02 Å². The molecular weight excluding hydrogens is 184 g/mol. The molecule has 0 bridgehead atoms. The Morgan fingerprint density at radius 3 is 2.54 bits per heavy atom. The first-order valence-corrected chi connectivity index (χ1v) is 4.84.